The van der Waals surface area contributed by atoms with Crippen LogP contribution in [-0.2, 0) is 11.2 Å². The molecular weight excluding hydrogens is 276 g/mol. The Morgan fingerprint density at radius 3 is 2.82 bits per heavy atom. The minimum Gasteiger partial charge on any atom is -0.430 e. The van der Waals surface area contributed by atoms with Crippen molar-refractivity contribution in [1.82, 2.24) is 4.90 Å². The van der Waals surface area contributed by atoms with E-state index in [4.69, 9.17) is 4.74 Å². The largest absolute Gasteiger partial charge is 0.551 e. The van der Waals surface area contributed by atoms with Crippen LogP contribution in [0.25, 0.3) is 0 Å². The Labute approximate surface area is 133 Å². The summed E-state index contributed by atoms with van der Waals surface area (Å²) < 4.78 is 5.58. The lowest BCUT2D eigenvalue weighted by Crippen LogP contribution is -2.67. The maximum absolute atomic E-state index is 9.99. The molecule has 1 heterocycles. The van der Waals surface area contributed by atoms with Crippen molar-refractivity contribution in [1.29, 1.82) is 0 Å². The summed E-state index contributed by atoms with van der Waals surface area (Å²) in [6.07, 6.45) is 5.89. The van der Waals surface area contributed by atoms with Gasteiger partial charge in [-0.05, 0) is 44.8 Å². The number of aliphatic hydroxyl groups is 1. The highest BCUT2D eigenvalue weighted by Gasteiger charge is 2.17. The number of aliphatic hydroxyl groups excluding tert-OH is 1. The zero-order valence-electron chi connectivity index (χ0n) is 13.8. The first kappa shape index (κ1) is 16.8. The average Bonchev–Trinajstić information content (AvgIpc) is 2.48. The van der Waals surface area contributed by atoms with E-state index >= 15 is 0 Å². The Morgan fingerprint density at radius 2 is 2.09 bits per heavy atom. The summed E-state index contributed by atoms with van der Waals surface area (Å²) in [5.41, 5.74) is 2.13. The van der Waals surface area contributed by atoms with E-state index in [2.05, 4.69) is 28.9 Å². The molecule has 4 nitrogen and oxygen atoms in total. The maximum atomic E-state index is 9.99. The fourth-order valence-electron chi connectivity index (χ4n) is 2.98. The smallest absolute Gasteiger partial charge is 0.430 e. The van der Waals surface area contributed by atoms with E-state index < -0.39 is 0 Å². The molecule has 0 spiro atoms. The van der Waals surface area contributed by atoms with Crippen LogP contribution < -0.4 is 4.99 Å². The SMILES string of the molecule is CCCc1cccc([NH+]=C(O)O[C@H](C)CN2CCCCC2)c1. The minimum atomic E-state index is -0.113. The van der Waals surface area contributed by atoms with Crippen molar-refractivity contribution in [3.05, 3.63) is 29.8 Å². The molecule has 0 radical (unpaired) electrons. The van der Waals surface area contributed by atoms with Crippen LogP contribution in [0.15, 0.2) is 24.3 Å². The highest BCUT2D eigenvalue weighted by Crippen LogP contribution is 2.10. The topological polar surface area (TPSA) is 46.7 Å². The predicted octanol–water partition coefficient (Wildman–Crippen LogP) is 2.16. The quantitative estimate of drug-likeness (QED) is 0.625. The Kier molecular flexibility index (Phi) is 6.72. The number of rotatable bonds is 6. The molecule has 1 aliphatic rings. The van der Waals surface area contributed by atoms with Crippen molar-refractivity contribution >= 4 is 11.8 Å². The number of benzene rings is 1. The van der Waals surface area contributed by atoms with Crippen molar-refractivity contribution in [2.75, 3.05) is 19.6 Å². The number of likely N-dealkylation sites (tertiary alicyclic amines) is 1. The lowest BCUT2D eigenvalue weighted by atomic mass is 10.1. The molecule has 1 aromatic carbocycles. The van der Waals surface area contributed by atoms with E-state index in [9.17, 15) is 5.11 Å². The van der Waals surface area contributed by atoms with Gasteiger partial charge in [0.25, 0.3) is 0 Å². The van der Waals surface area contributed by atoms with Crippen molar-refractivity contribution in [3.8, 4) is 0 Å². The number of hydrogen-bond donors (Lipinski definition) is 2. The second kappa shape index (κ2) is 8.79. The maximum Gasteiger partial charge on any atom is 0.551 e. The lowest BCUT2D eigenvalue weighted by molar-refractivity contribution is -0.383. The zero-order chi connectivity index (χ0) is 15.8. The molecule has 0 unspecified atom stereocenters. The zero-order valence-corrected chi connectivity index (χ0v) is 13.8. The molecule has 1 aromatic rings. The molecule has 4 heteroatoms. The molecule has 0 aliphatic carbocycles. The average molecular weight is 305 g/mol. The summed E-state index contributed by atoms with van der Waals surface area (Å²) >= 11 is 0. The Morgan fingerprint density at radius 1 is 1.32 bits per heavy atom. The predicted molar refractivity (Wildman–Crippen MR) is 89.5 cm³/mol. The van der Waals surface area contributed by atoms with Crippen LogP contribution >= 0.6 is 0 Å². The van der Waals surface area contributed by atoms with Gasteiger partial charge in [0.1, 0.15) is 6.10 Å². The number of aryl methyl sites for hydroxylation is 1. The van der Waals surface area contributed by atoms with E-state index in [0.29, 0.717) is 0 Å². The van der Waals surface area contributed by atoms with Crippen LogP contribution in [0.2, 0.25) is 0 Å². The molecule has 0 bridgehead atoms. The number of ether oxygens (including phenoxy) is 1. The van der Waals surface area contributed by atoms with E-state index in [1.54, 1.807) is 0 Å². The second-order valence-electron chi connectivity index (χ2n) is 6.17. The van der Waals surface area contributed by atoms with Crippen molar-refractivity contribution < 1.29 is 14.8 Å². The minimum absolute atomic E-state index is 0.0237. The third kappa shape index (κ3) is 5.68. The second-order valence-corrected chi connectivity index (χ2v) is 6.17. The molecule has 1 atom stereocenters. The van der Waals surface area contributed by atoms with E-state index in [1.807, 2.05) is 19.1 Å². The van der Waals surface area contributed by atoms with E-state index in [1.165, 1.54) is 24.8 Å². The summed E-state index contributed by atoms with van der Waals surface area (Å²) in [5, 5.41) is 9.99. The lowest BCUT2D eigenvalue weighted by Gasteiger charge is -2.28. The number of hydrogen-bond acceptors (Lipinski definition) is 2. The molecule has 122 valence electrons. The molecule has 2 rings (SSSR count). The molecule has 0 aromatic heterocycles. The standard InChI is InChI=1S/C18H28N2O2/c1-3-8-16-9-7-10-17(13-16)19-18(21)22-15(2)14-20-11-5-4-6-12-20/h7,9-10,13,15H,3-6,8,11-12,14H2,1-2H3,(H,19,21)/p+1/t15-/m1/s1. The van der Waals surface area contributed by atoms with Crippen LogP contribution in [0.5, 0.6) is 0 Å². The first-order chi connectivity index (χ1) is 10.7. The van der Waals surface area contributed by atoms with Gasteiger partial charge in [-0.15, -0.1) is 4.99 Å². The molecule has 1 aliphatic heterocycles. The normalized spacial score (nSPS) is 18.2. The van der Waals surface area contributed by atoms with Gasteiger partial charge < -0.3 is 9.84 Å². The molecule has 2 N–H and O–H groups in total. The molecule has 0 amide bonds. The summed E-state index contributed by atoms with van der Waals surface area (Å²) in [5.74, 6) is 0. The van der Waals surface area contributed by atoms with Gasteiger partial charge >= 0.3 is 6.08 Å². The van der Waals surface area contributed by atoms with Gasteiger partial charge in [-0.25, -0.2) is 0 Å². The van der Waals surface area contributed by atoms with Crippen LogP contribution in [0.1, 0.15) is 45.1 Å². The van der Waals surface area contributed by atoms with Gasteiger partial charge in [-0.2, -0.15) is 0 Å². The fourth-order valence-corrected chi connectivity index (χ4v) is 2.98. The van der Waals surface area contributed by atoms with Gasteiger partial charge in [0, 0.05) is 18.7 Å². The van der Waals surface area contributed by atoms with Crippen LogP contribution in [0.3, 0.4) is 0 Å². The van der Waals surface area contributed by atoms with Gasteiger partial charge in [0.05, 0.1) is 0 Å². The van der Waals surface area contributed by atoms with Gasteiger partial charge in [0.15, 0.2) is 0 Å². The summed E-state index contributed by atoms with van der Waals surface area (Å²) in [6.45, 7) is 7.30. The Hall–Kier alpha value is -1.55. The van der Waals surface area contributed by atoms with Gasteiger partial charge in [-0.3, -0.25) is 4.90 Å². The monoisotopic (exact) mass is 305 g/mol. The third-order valence-electron chi connectivity index (χ3n) is 3.99. The number of nitrogens with zero attached hydrogens (tertiary/aromatic N) is 1. The highest BCUT2D eigenvalue weighted by atomic mass is 16.6. The van der Waals surface area contributed by atoms with Crippen molar-refractivity contribution in [3.63, 3.8) is 0 Å². The van der Waals surface area contributed by atoms with Crippen molar-refractivity contribution in [2.45, 2.75) is 52.1 Å². The Bertz CT molecular complexity index is 482. The number of piperidine rings is 1. The van der Waals surface area contributed by atoms with Gasteiger partial charge in [0.2, 0.25) is 5.69 Å². The van der Waals surface area contributed by atoms with Crippen LogP contribution in [0, 0.1) is 0 Å². The first-order valence-corrected chi connectivity index (χ1v) is 8.48. The van der Waals surface area contributed by atoms with E-state index in [-0.39, 0.29) is 12.2 Å². The highest BCUT2D eigenvalue weighted by molar-refractivity contribution is 5.59. The van der Waals surface area contributed by atoms with E-state index in [0.717, 1.165) is 38.2 Å². The first-order valence-electron chi connectivity index (χ1n) is 8.48. The summed E-state index contributed by atoms with van der Waals surface area (Å²) in [7, 11) is 0. The van der Waals surface area contributed by atoms with Gasteiger partial charge in [-0.1, -0.05) is 31.9 Å². The molecular formula is C18H29N2O2+. The molecule has 22 heavy (non-hydrogen) atoms. The third-order valence-corrected chi connectivity index (χ3v) is 3.99. The summed E-state index contributed by atoms with van der Waals surface area (Å²) in [6, 6.07) is 8.09. The molecule has 0 saturated carbocycles. The number of nitrogens with one attached hydrogen (secondary N) is 1. The summed E-state index contributed by atoms with van der Waals surface area (Å²) in [4.78, 5) is 5.35. The molecule has 1 saturated heterocycles. The van der Waals surface area contributed by atoms with Crippen LogP contribution in [-0.4, -0.2) is 41.8 Å². The Balaban J connectivity index is 1.86. The van der Waals surface area contributed by atoms with Crippen molar-refractivity contribution in [2.24, 2.45) is 0 Å². The van der Waals surface area contributed by atoms with Crippen LogP contribution in [0.4, 0.5) is 5.69 Å². The fraction of sp³-hybridized carbons (Fsp3) is 0.611. The molecule has 1 fully saturated rings.